The third-order valence-corrected chi connectivity index (χ3v) is 5.19. The molecule has 6 heteroatoms. The first-order valence-corrected chi connectivity index (χ1v) is 9.69. The van der Waals surface area contributed by atoms with Crippen molar-refractivity contribution < 1.29 is 9.21 Å². The number of carbonyl (C=O) groups is 1. The number of hydrogen-bond donors (Lipinski definition) is 1. The van der Waals surface area contributed by atoms with Crippen LogP contribution in [-0.2, 0) is 13.1 Å². The molecule has 0 atom stereocenters. The predicted octanol–water partition coefficient (Wildman–Crippen LogP) is 3.83. The largest absolute Gasteiger partial charge is 0.467 e. The highest BCUT2D eigenvalue weighted by Gasteiger charge is 2.14. The summed E-state index contributed by atoms with van der Waals surface area (Å²) in [7, 11) is 0. The number of amides is 1. The minimum atomic E-state index is -0.223. The second kappa shape index (κ2) is 7.40. The van der Waals surface area contributed by atoms with Gasteiger partial charge in [-0.1, -0.05) is 30.3 Å². The SMILES string of the molecule is O=C(NCc1ccco1)c1ccc2c(c1)n(Cc1ccccc1)c(=O)c1cccn12. The third-order valence-electron chi connectivity index (χ3n) is 5.19. The number of carbonyl (C=O) groups excluding carboxylic acids is 1. The molecule has 30 heavy (non-hydrogen) atoms. The van der Waals surface area contributed by atoms with Gasteiger partial charge in [-0.2, -0.15) is 0 Å². The molecule has 0 bridgehead atoms. The van der Waals surface area contributed by atoms with Crippen molar-refractivity contribution >= 4 is 22.5 Å². The molecule has 148 valence electrons. The summed E-state index contributed by atoms with van der Waals surface area (Å²) in [5.41, 5.74) is 3.59. The van der Waals surface area contributed by atoms with Gasteiger partial charge in [-0.25, -0.2) is 0 Å². The molecule has 3 aromatic heterocycles. The molecule has 2 aromatic carbocycles. The highest BCUT2D eigenvalue weighted by atomic mass is 16.3. The van der Waals surface area contributed by atoms with E-state index in [0.29, 0.717) is 35.4 Å². The van der Waals surface area contributed by atoms with Crippen LogP contribution in [0.3, 0.4) is 0 Å². The first-order chi connectivity index (χ1) is 14.7. The fourth-order valence-corrected chi connectivity index (χ4v) is 3.70. The molecule has 0 radical (unpaired) electrons. The molecule has 0 unspecified atom stereocenters. The standard InChI is InChI=1S/C24H19N3O3/c28-23(25-15-19-8-5-13-30-19)18-10-11-20-22(14-18)27(16-17-6-2-1-3-7-17)24(29)21-9-4-12-26(20)21/h1-14H,15-16H2,(H,25,28). The van der Waals surface area contributed by atoms with E-state index in [0.717, 1.165) is 11.1 Å². The van der Waals surface area contributed by atoms with Crippen molar-refractivity contribution in [2.24, 2.45) is 0 Å². The Bertz CT molecular complexity index is 1400. The molecule has 0 saturated heterocycles. The van der Waals surface area contributed by atoms with E-state index in [-0.39, 0.29) is 11.5 Å². The summed E-state index contributed by atoms with van der Waals surface area (Å²) >= 11 is 0. The zero-order valence-corrected chi connectivity index (χ0v) is 16.1. The minimum Gasteiger partial charge on any atom is -0.467 e. The molecule has 0 fully saturated rings. The molecule has 0 aliphatic heterocycles. The minimum absolute atomic E-state index is 0.0931. The van der Waals surface area contributed by atoms with Gasteiger partial charge in [0, 0.05) is 11.8 Å². The molecule has 5 aromatic rings. The van der Waals surface area contributed by atoms with Crippen LogP contribution in [0, 0.1) is 0 Å². The molecule has 6 nitrogen and oxygen atoms in total. The fourth-order valence-electron chi connectivity index (χ4n) is 3.70. The highest BCUT2D eigenvalue weighted by Crippen LogP contribution is 2.19. The maximum atomic E-state index is 13.2. The van der Waals surface area contributed by atoms with Gasteiger partial charge in [0.1, 0.15) is 11.3 Å². The second-order valence-corrected chi connectivity index (χ2v) is 7.11. The Morgan fingerprint density at radius 2 is 1.77 bits per heavy atom. The molecular formula is C24H19N3O3. The van der Waals surface area contributed by atoms with Crippen LogP contribution >= 0.6 is 0 Å². The van der Waals surface area contributed by atoms with Gasteiger partial charge in [0.25, 0.3) is 11.5 Å². The first kappa shape index (κ1) is 18.0. The average Bonchev–Trinajstić information content (AvgIpc) is 3.47. The Balaban J connectivity index is 1.60. The Kier molecular flexibility index (Phi) is 4.44. The third kappa shape index (κ3) is 3.18. The summed E-state index contributed by atoms with van der Waals surface area (Å²) in [6, 6.07) is 22.5. The summed E-state index contributed by atoms with van der Waals surface area (Å²) in [6.07, 6.45) is 3.44. The number of rotatable bonds is 5. The van der Waals surface area contributed by atoms with Gasteiger partial charge in [0.05, 0.1) is 30.4 Å². The Hall–Kier alpha value is -4.06. The number of furan rings is 1. The molecule has 0 aliphatic carbocycles. The molecule has 3 heterocycles. The molecule has 1 N–H and O–H groups in total. The number of hydrogen-bond acceptors (Lipinski definition) is 3. The molecule has 0 spiro atoms. The maximum Gasteiger partial charge on any atom is 0.275 e. The van der Waals surface area contributed by atoms with Gasteiger partial charge < -0.3 is 18.7 Å². The van der Waals surface area contributed by atoms with Gasteiger partial charge in [0.15, 0.2) is 0 Å². The molecular weight excluding hydrogens is 378 g/mol. The lowest BCUT2D eigenvalue weighted by Gasteiger charge is -2.14. The molecule has 1 amide bonds. The van der Waals surface area contributed by atoms with E-state index in [9.17, 15) is 9.59 Å². The first-order valence-electron chi connectivity index (χ1n) is 9.69. The number of aromatic nitrogens is 2. The van der Waals surface area contributed by atoms with Crippen LogP contribution in [0.4, 0.5) is 0 Å². The van der Waals surface area contributed by atoms with E-state index >= 15 is 0 Å². The quantitative estimate of drug-likeness (QED) is 0.490. The Morgan fingerprint density at radius 1 is 0.900 bits per heavy atom. The van der Waals surface area contributed by atoms with E-state index in [2.05, 4.69) is 5.32 Å². The van der Waals surface area contributed by atoms with E-state index in [1.54, 1.807) is 35.1 Å². The van der Waals surface area contributed by atoms with Crippen LogP contribution in [0.2, 0.25) is 0 Å². The van der Waals surface area contributed by atoms with Gasteiger partial charge in [0.2, 0.25) is 0 Å². The van der Waals surface area contributed by atoms with Gasteiger partial charge in [-0.3, -0.25) is 9.59 Å². The maximum absolute atomic E-state index is 13.2. The van der Waals surface area contributed by atoms with Crippen molar-refractivity contribution in [1.29, 1.82) is 0 Å². The smallest absolute Gasteiger partial charge is 0.275 e. The van der Waals surface area contributed by atoms with Crippen LogP contribution in [0.25, 0.3) is 16.6 Å². The summed E-state index contributed by atoms with van der Waals surface area (Å²) < 4.78 is 8.86. The topological polar surface area (TPSA) is 68.7 Å². The van der Waals surface area contributed by atoms with Gasteiger partial charge in [-0.15, -0.1) is 0 Å². The average molecular weight is 397 g/mol. The lowest BCUT2D eigenvalue weighted by Crippen LogP contribution is -2.25. The van der Waals surface area contributed by atoms with Crippen molar-refractivity contribution in [2.75, 3.05) is 0 Å². The van der Waals surface area contributed by atoms with Crippen LogP contribution in [0.1, 0.15) is 21.7 Å². The van der Waals surface area contributed by atoms with Crippen molar-refractivity contribution in [3.63, 3.8) is 0 Å². The lowest BCUT2D eigenvalue weighted by atomic mass is 10.1. The normalized spacial score (nSPS) is 11.2. The van der Waals surface area contributed by atoms with E-state index in [4.69, 9.17) is 4.42 Å². The predicted molar refractivity (Wildman–Crippen MR) is 115 cm³/mol. The summed E-state index contributed by atoms with van der Waals surface area (Å²) in [4.78, 5) is 25.9. The monoisotopic (exact) mass is 397 g/mol. The van der Waals surface area contributed by atoms with Gasteiger partial charge in [-0.05, 0) is 48.0 Å². The number of nitrogens with one attached hydrogen (secondary N) is 1. The zero-order chi connectivity index (χ0) is 20.5. The summed E-state index contributed by atoms with van der Waals surface area (Å²) in [5, 5.41) is 2.86. The fraction of sp³-hybridized carbons (Fsp3) is 0.0833. The van der Waals surface area contributed by atoms with Gasteiger partial charge >= 0.3 is 0 Å². The van der Waals surface area contributed by atoms with Crippen LogP contribution < -0.4 is 10.9 Å². The van der Waals surface area contributed by atoms with Crippen molar-refractivity contribution in [3.8, 4) is 0 Å². The van der Waals surface area contributed by atoms with Crippen LogP contribution in [0.15, 0.2) is 94.5 Å². The van der Waals surface area contributed by atoms with Crippen molar-refractivity contribution in [3.05, 3.63) is 112 Å². The zero-order valence-electron chi connectivity index (χ0n) is 16.1. The van der Waals surface area contributed by atoms with Crippen molar-refractivity contribution in [2.45, 2.75) is 13.1 Å². The second-order valence-electron chi connectivity index (χ2n) is 7.11. The lowest BCUT2D eigenvalue weighted by molar-refractivity contribution is 0.0948. The highest BCUT2D eigenvalue weighted by molar-refractivity contribution is 5.97. The van der Waals surface area contributed by atoms with E-state index in [1.165, 1.54) is 0 Å². The van der Waals surface area contributed by atoms with E-state index in [1.807, 2.05) is 59.1 Å². The van der Waals surface area contributed by atoms with Crippen LogP contribution in [-0.4, -0.2) is 14.9 Å². The number of nitrogens with zero attached hydrogens (tertiary/aromatic N) is 2. The van der Waals surface area contributed by atoms with Crippen LogP contribution in [0.5, 0.6) is 0 Å². The Morgan fingerprint density at radius 3 is 2.57 bits per heavy atom. The number of benzene rings is 2. The molecule has 0 saturated carbocycles. The van der Waals surface area contributed by atoms with E-state index < -0.39 is 0 Å². The summed E-state index contributed by atoms with van der Waals surface area (Å²) in [5.74, 6) is 0.457. The Labute approximate surface area is 172 Å². The molecule has 0 aliphatic rings. The van der Waals surface area contributed by atoms with Crippen molar-refractivity contribution in [1.82, 2.24) is 14.3 Å². The number of fused-ring (bicyclic) bond motifs is 3. The summed E-state index contributed by atoms with van der Waals surface area (Å²) in [6.45, 7) is 0.729. The molecule has 5 rings (SSSR count).